The van der Waals surface area contributed by atoms with E-state index in [4.69, 9.17) is 27.6 Å². The van der Waals surface area contributed by atoms with Gasteiger partial charge in [-0.1, -0.05) is 29.3 Å². The summed E-state index contributed by atoms with van der Waals surface area (Å²) in [5.74, 6) is 0.777. The molecule has 2 heterocycles. The number of carbonyl (C=O) groups excluding carboxylic acids is 2. The smallest absolute Gasteiger partial charge is 0.321 e. The maximum absolute atomic E-state index is 12.3. The molecule has 0 atom stereocenters. The first-order chi connectivity index (χ1) is 14.5. The first-order valence-electron chi connectivity index (χ1n) is 9.35. The van der Waals surface area contributed by atoms with E-state index in [1.807, 2.05) is 6.07 Å². The van der Waals surface area contributed by atoms with Gasteiger partial charge < -0.3 is 15.1 Å². The lowest BCUT2D eigenvalue weighted by atomic mass is 10.2. The van der Waals surface area contributed by atoms with Crippen LogP contribution in [0, 0.1) is 0 Å². The highest BCUT2D eigenvalue weighted by Gasteiger charge is 2.21. The van der Waals surface area contributed by atoms with E-state index in [-0.39, 0.29) is 18.4 Å². The number of amides is 3. The van der Waals surface area contributed by atoms with Crippen molar-refractivity contribution in [2.75, 3.05) is 23.3 Å². The third-order valence-electron chi connectivity index (χ3n) is 4.61. The number of rotatable bonds is 6. The van der Waals surface area contributed by atoms with Gasteiger partial charge in [0.1, 0.15) is 0 Å². The number of aromatic nitrogens is 1. The predicted octanol–water partition coefficient (Wildman–Crippen LogP) is 4.75. The highest BCUT2D eigenvalue weighted by atomic mass is 35.5. The van der Waals surface area contributed by atoms with Crippen molar-refractivity contribution in [3.8, 4) is 11.3 Å². The van der Waals surface area contributed by atoms with E-state index in [2.05, 4.69) is 15.6 Å². The number of halogens is 2. The van der Waals surface area contributed by atoms with Gasteiger partial charge in [0.15, 0.2) is 11.7 Å². The predicted molar refractivity (Wildman–Crippen MR) is 116 cm³/mol. The van der Waals surface area contributed by atoms with Crippen molar-refractivity contribution in [1.29, 1.82) is 0 Å². The fraction of sp³-hybridized carbons (Fsp3) is 0.190. The number of oxazole rings is 1. The van der Waals surface area contributed by atoms with Gasteiger partial charge in [0, 0.05) is 47.9 Å². The van der Waals surface area contributed by atoms with Gasteiger partial charge in [-0.05, 0) is 36.4 Å². The first-order valence-corrected chi connectivity index (χ1v) is 10.1. The molecule has 154 valence electrons. The first kappa shape index (κ1) is 20.3. The Morgan fingerprint density at radius 1 is 1.23 bits per heavy atom. The van der Waals surface area contributed by atoms with E-state index in [9.17, 15) is 9.59 Å². The molecule has 7 nitrogen and oxygen atoms in total. The Morgan fingerprint density at radius 2 is 2.10 bits per heavy atom. The molecular formula is C21H18Cl2N4O3. The normalized spacial score (nSPS) is 13.4. The van der Waals surface area contributed by atoms with Gasteiger partial charge >= 0.3 is 6.03 Å². The van der Waals surface area contributed by atoms with Crippen LogP contribution in [0.25, 0.3) is 11.3 Å². The summed E-state index contributed by atoms with van der Waals surface area (Å²) in [5.41, 5.74) is 2.05. The van der Waals surface area contributed by atoms with E-state index in [0.29, 0.717) is 52.5 Å². The quantitative estimate of drug-likeness (QED) is 0.574. The second-order valence-corrected chi connectivity index (χ2v) is 7.57. The molecule has 3 amide bonds. The Bertz CT molecular complexity index is 1100. The average molecular weight is 445 g/mol. The van der Waals surface area contributed by atoms with Gasteiger partial charge in [-0.2, -0.15) is 0 Å². The van der Waals surface area contributed by atoms with Crippen molar-refractivity contribution in [3.63, 3.8) is 0 Å². The van der Waals surface area contributed by atoms with Gasteiger partial charge in [-0.25, -0.2) is 9.78 Å². The van der Waals surface area contributed by atoms with Crippen LogP contribution in [0.5, 0.6) is 0 Å². The Labute approximate surface area is 183 Å². The lowest BCUT2D eigenvalue weighted by Crippen LogP contribution is -2.27. The van der Waals surface area contributed by atoms with Crippen molar-refractivity contribution < 1.29 is 14.0 Å². The molecular weight excluding hydrogens is 427 g/mol. The topological polar surface area (TPSA) is 87.5 Å². The number of urea groups is 1. The minimum atomic E-state index is -0.178. The molecule has 1 aliphatic heterocycles. The van der Waals surface area contributed by atoms with Crippen LogP contribution in [0.1, 0.15) is 12.3 Å². The fourth-order valence-corrected chi connectivity index (χ4v) is 3.65. The molecule has 0 aliphatic carbocycles. The van der Waals surface area contributed by atoms with Crippen LogP contribution >= 0.6 is 23.2 Å². The molecule has 0 bridgehead atoms. The summed E-state index contributed by atoms with van der Waals surface area (Å²) in [7, 11) is 0. The van der Waals surface area contributed by atoms with Crippen molar-refractivity contribution in [2.45, 2.75) is 12.8 Å². The molecule has 2 aromatic carbocycles. The molecule has 2 N–H and O–H groups in total. The summed E-state index contributed by atoms with van der Waals surface area (Å²) in [6.07, 6.45) is 2.11. The van der Waals surface area contributed by atoms with Crippen LogP contribution in [-0.4, -0.2) is 30.0 Å². The molecule has 1 aromatic heterocycles. The molecule has 0 saturated carbocycles. The third kappa shape index (κ3) is 4.58. The van der Waals surface area contributed by atoms with Crippen molar-refractivity contribution in [3.05, 3.63) is 64.6 Å². The summed E-state index contributed by atoms with van der Waals surface area (Å²) >= 11 is 12.1. The standard InChI is InChI=1S/C21H18Cl2N4O3/c22-13-4-5-16(17(23)10-13)18-12-25-20(30-18)7-6-19(28)26-14-2-1-3-15(11-14)27-9-8-24-21(27)29/h1-5,10-12H,6-9H2,(H,24,29)(H,26,28). The van der Waals surface area contributed by atoms with Gasteiger partial charge in [-0.3, -0.25) is 9.69 Å². The molecule has 30 heavy (non-hydrogen) atoms. The van der Waals surface area contributed by atoms with Crippen LogP contribution in [0.4, 0.5) is 16.2 Å². The van der Waals surface area contributed by atoms with Crippen LogP contribution in [0.2, 0.25) is 10.0 Å². The Balaban J connectivity index is 1.35. The number of nitrogens with one attached hydrogen (secondary N) is 2. The number of benzene rings is 2. The van der Waals surface area contributed by atoms with Crippen molar-refractivity contribution in [1.82, 2.24) is 10.3 Å². The largest absolute Gasteiger partial charge is 0.441 e. The highest BCUT2D eigenvalue weighted by Crippen LogP contribution is 2.31. The monoisotopic (exact) mass is 444 g/mol. The van der Waals surface area contributed by atoms with E-state index in [0.717, 1.165) is 5.69 Å². The van der Waals surface area contributed by atoms with E-state index in [1.54, 1.807) is 47.5 Å². The number of hydrogen-bond acceptors (Lipinski definition) is 4. The van der Waals surface area contributed by atoms with Crippen LogP contribution in [0.15, 0.2) is 53.1 Å². The number of hydrogen-bond donors (Lipinski definition) is 2. The third-order valence-corrected chi connectivity index (χ3v) is 5.16. The van der Waals surface area contributed by atoms with Gasteiger partial charge in [0.2, 0.25) is 5.91 Å². The molecule has 1 saturated heterocycles. The number of carbonyl (C=O) groups is 2. The van der Waals surface area contributed by atoms with E-state index in [1.165, 1.54) is 0 Å². The van der Waals surface area contributed by atoms with Gasteiger partial charge in [0.25, 0.3) is 0 Å². The molecule has 3 aromatic rings. The average Bonchev–Trinajstić information content (AvgIpc) is 3.35. The summed E-state index contributed by atoms with van der Waals surface area (Å²) in [6, 6.07) is 12.2. The van der Waals surface area contributed by atoms with Crippen molar-refractivity contribution in [2.24, 2.45) is 0 Å². The molecule has 0 unspecified atom stereocenters. The van der Waals surface area contributed by atoms with E-state index < -0.39 is 0 Å². The minimum absolute atomic E-state index is 0.140. The van der Waals surface area contributed by atoms with Crippen LogP contribution in [-0.2, 0) is 11.2 Å². The van der Waals surface area contributed by atoms with Crippen LogP contribution < -0.4 is 15.5 Å². The maximum Gasteiger partial charge on any atom is 0.321 e. The number of nitrogens with zero attached hydrogens (tertiary/aromatic N) is 2. The Kier molecular flexibility index (Phi) is 5.92. The van der Waals surface area contributed by atoms with E-state index >= 15 is 0 Å². The Hall–Kier alpha value is -3.03. The molecule has 4 rings (SSSR count). The van der Waals surface area contributed by atoms with Gasteiger partial charge in [-0.15, -0.1) is 0 Å². The molecule has 0 radical (unpaired) electrons. The van der Waals surface area contributed by atoms with Crippen LogP contribution in [0.3, 0.4) is 0 Å². The lowest BCUT2D eigenvalue weighted by molar-refractivity contribution is -0.116. The zero-order valence-corrected chi connectivity index (χ0v) is 17.3. The zero-order valence-electron chi connectivity index (χ0n) is 15.8. The fourth-order valence-electron chi connectivity index (χ4n) is 3.15. The molecule has 0 spiro atoms. The van der Waals surface area contributed by atoms with Crippen molar-refractivity contribution >= 4 is 46.5 Å². The minimum Gasteiger partial charge on any atom is -0.441 e. The summed E-state index contributed by atoms with van der Waals surface area (Å²) < 4.78 is 5.72. The summed E-state index contributed by atoms with van der Waals surface area (Å²) in [5, 5.41) is 6.60. The zero-order chi connectivity index (χ0) is 21.1. The SMILES string of the molecule is O=C(CCc1ncc(-c2ccc(Cl)cc2Cl)o1)Nc1cccc(N2CCNC2=O)c1. The number of anilines is 2. The summed E-state index contributed by atoms with van der Waals surface area (Å²) in [6.45, 7) is 1.20. The second kappa shape index (κ2) is 8.77. The maximum atomic E-state index is 12.3. The molecule has 1 fully saturated rings. The second-order valence-electron chi connectivity index (χ2n) is 6.72. The highest BCUT2D eigenvalue weighted by molar-refractivity contribution is 6.36. The Morgan fingerprint density at radius 3 is 2.87 bits per heavy atom. The lowest BCUT2D eigenvalue weighted by Gasteiger charge is -2.15. The molecule has 1 aliphatic rings. The number of aryl methyl sites for hydroxylation is 1. The summed E-state index contributed by atoms with van der Waals surface area (Å²) in [4.78, 5) is 30.0. The molecule has 9 heteroatoms. The van der Waals surface area contributed by atoms with Gasteiger partial charge in [0.05, 0.1) is 11.2 Å².